The van der Waals surface area contributed by atoms with Crippen molar-refractivity contribution in [3.05, 3.63) is 24.5 Å². The predicted octanol–water partition coefficient (Wildman–Crippen LogP) is 0.515. The van der Waals surface area contributed by atoms with E-state index in [9.17, 15) is 4.79 Å². The molecule has 1 aromatic rings. The van der Waals surface area contributed by atoms with E-state index in [0.717, 1.165) is 0 Å². The Kier molecular flexibility index (Phi) is 2.76. The van der Waals surface area contributed by atoms with Crippen LogP contribution in [0.3, 0.4) is 0 Å². The van der Waals surface area contributed by atoms with Gasteiger partial charge in [-0.1, -0.05) is 6.58 Å². The number of carbonyl (C=O) groups excluding carboxylic acids is 1. The Morgan fingerprint density at radius 3 is 3.08 bits per heavy atom. The minimum absolute atomic E-state index is 0.0191. The number of aromatic nitrogens is 2. The van der Waals surface area contributed by atoms with Crippen molar-refractivity contribution in [3.63, 3.8) is 0 Å². The fraction of sp³-hybridized carbons (Fsp3) is 0.250. The van der Waals surface area contributed by atoms with Crippen LogP contribution < -0.4 is 5.73 Å². The smallest absolute Gasteiger partial charge is 0.167 e. The van der Waals surface area contributed by atoms with Gasteiger partial charge in [0.2, 0.25) is 0 Å². The summed E-state index contributed by atoms with van der Waals surface area (Å²) in [5, 5.41) is 3.87. The zero-order valence-electron chi connectivity index (χ0n) is 6.73. The Morgan fingerprint density at radius 1 is 1.83 bits per heavy atom. The standard InChI is InChI=1S/C8H11N3O/c1-2-11-6-7(5-10-11)8(12)3-4-9/h2,5-6H,1,3-4,9H2. The zero-order valence-corrected chi connectivity index (χ0v) is 6.73. The number of hydrogen-bond acceptors (Lipinski definition) is 3. The number of rotatable bonds is 4. The second kappa shape index (κ2) is 3.82. The molecule has 0 amide bonds. The van der Waals surface area contributed by atoms with E-state index in [1.165, 1.54) is 17.1 Å². The number of carbonyl (C=O) groups is 1. The summed E-state index contributed by atoms with van der Waals surface area (Å²) in [6.45, 7) is 3.89. The number of ketones is 1. The third-order valence-electron chi connectivity index (χ3n) is 1.48. The van der Waals surface area contributed by atoms with E-state index in [-0.39, 0.29) is 5.78 Å². The van der Waals surface area contributed by atoms with E-state index >= 15 is 0 Å². The van der Waals surface area contributed by atoms with Gasteiger partial charge >= 0.3 is 0 Å². The van der Waals surface area contributed by atoms with Gasteiger partial charge in [0.25, 0.3) is 0 Å². The minimum Gasteiger partial charge on any atom is -0.330 e. The molecule has 0 unspecified atom stereocenters. The van der Waals surface area contributed by atoms with E-state index in [1.807, 2.05) is 0 Å². The summed E-state index contributed by atoms with van der Waals surface area (Å²) in [5.41, 5.74) is 5.82. The molecule has 0 fully saturated rings. The van der Waals surface area contributed by atoms with Gasteiger partial charge in [-0.25, -0.2) is 4.68 Å². The van der Waals surface area contributed by atoms with E-state index in [1.54, 1.807) is 6.20 Å². The molecule has 64 valence electrons. The van der Waals surface area contributed by atoms with Crippen LogP contribution in [0.25, 0.3) is 6.20 Å². The molecule has 0 spiro atoms. The second-order valence-electron chi connectivity index (χ2n) is 2.35. The summed E-state index contributed by atoms with van der Waals surface area (Å²) in [6.07, 6.45) is 5.03. The summed E-state index contributed by atoms with van der Waals surface area (Å²) in [6, 6.07) is 0. The molecule has 1 aromatic heterocycles. The fourth-order valence-electron chi connectivity index (χ4n) is 0.857. The summed E-state index contributed by atoms with van der Waals surface area (Å²) in [4.78, 5) is 11.2. The van der Waals surface area contributed by atoms with Gasteiger partial charge < -0.3 is 5.73 Å². The van der Waals surface area contributed by atoms with Crippen LogP contribution in [0.5, 0.6) is 0 Å². The highest BCUT2D eigenvalue weighted by Gasteiger charge is 2.05. The van der Waals surface area contributed by atoms with Crippen molar-refractivity contribution in [2.75, 3.05) is 6.54 Å². The van der Waals surface area contributed by atoms with Gasteiger partial charge in [0, 0.05) is 18.8 Å². The van der Waals surface area contributed by atoms with Crippen LogP contribution in [0.2, 0.25) is 0 Å². The van der Waals surface area contributed by atoms with E-state index in [4.69, 9.17) is 5.73 Å². The number of nitrogens with zero attached hydrogens (tertiary/aromatic N) is 2. The van der Waals surface area contributed by atoms with Crippen LogP contribution in [-0.4, -0.2) is 22.1 Å². The van der Waals surface area contributed by atoms with Gasteiger partial charge in [0.05, 0.1) is 11.8 Å². The molecule has 12 heavy (non-hydrogen) atoms. The van der Waals surface area contributed by atoms with Crippen LogP contribution in [0.1, 0.15) is 16.8 Å². The van der Waals surface area contributed by atoms with E-state index in [2.05, 4.69) is 11.7 Å². The van der Waals surface area contributed by atoms with E-state index in [0.29, 0.717) is 18.5 Å². The first-order valence-electron chi connectivity index (χ1n) is 3.68. The summed E-state index contributed by atoms with van der Waals surface area (Å²) < 4.78 is 1.49. The van der Waals surface area contributed by atoms with Gasteiger partial charge in [-0.05, 0) is 6.54 Å². The molecular formula is C8H11N3O. The number of Topliss-reactive ketones (excluding diaryl/α,β-unsaturated/α-hetero) is 1. The Labute approximate surface area is 70.7 Å². The third kappa shape index (κ3) is 1.79. The lowest BCUT2D eigenvalue weighted by Gasteiger charge is -1.91. The van der Waals surface area contributed by atoms with Gasteiger partial charge in [-0.15, -0.1) is 0 Å². The number of hydrogen-bond donors (Lipinski definition) is 1. The minimum atomic E-state index is 0.0191. The molecule has 0 aliphatic carbocycles. The van der Waals surface area contributed by atoms with Crippen LogP contribution in [0.4, 0.5) is 0 Å². The molecule has 0 atom stereocenters. The lowest BCUT2D eigenvalue weighted by molar-refractivity contribution is 0.0985. The number of nitrogens with two attached hydrogens (primary N) is 1. The van der Waals surface area contributed by atoms with Gasteiger partial charge in [-0.2, -0.15) is 5.10 Å². The molecule has 1 rings (SSSR count). The maximum atomic E-state index is 11.2. The predicted molar refractivity (Wildman–Crippen MR) is 46.6 cm³/mol. The first-order valence-corrected chi connectivity index (χ1v) is 3.68. The van der Waals surface area contributed by atoms with Crippen molar-refractivity contribution in [2.24, 2.45) is 5.73 Å². The molecular weight excluding hydrogens is 154 g/mol. The highest BCUT2D eigenvalue weighted by atomic mass is 16.1. The molecule has 0 saturated heterocycles. The van der Waals surface area contributed by atoms with Crippen molar-refractivity contribution in [1.82, 2.24) is 9.78 Å². The first-order chi connectivity index (χ1) is 5.77. The lowest BCUT2D eigenvalue weighted by Crippen LogP contribution is -2.07. The third-order valence-corrected chi connectivity index (χ3v) is 1.48. The lowest BCUT2D eigenvalue weighted by atomic mass is 10.2. The SMILES string of the molecule is C=Cn1cc(C(=O)CCN)cn1. The van der Waals surface area contributed by atoms with Crippen LogP contribution in [0, 0.1) is 0 Å². The average Bonchev–Trinajstić information content (AvgIpc) is 2.52. The van der Waals surface area contributed by atoms with Crippen molar-refractivity contribution in [1.29, 1.82) is 0 Å². The topological polar surface area (TPSA) is 60.9 Å². The summed E-state index contributed by atoms with van der Waals surface area (Å²) >= 11 is 0. The Balaban J connectivity index is 2.74. The molecule has 0 aromatic carbocycles. The Morgan fingerprint density at radius 2 is 2.58 bits per heavy atom. The Hall–Kier alpha value is -1.42. The molecule has 0 saturated carbocycles. The molecule has 0 radical (unpaired) electrons. The fourth-order valence-corrected chi connectivity index (χ4v) is 0.857. The van der Waals surface area contributed by atoms with Crippen molar-refractivity contribution in [3.8, 4) is 0 Å². The van der Waals surface area contributed by atoms with Crippen LogP contribution in [0.15, 0.2) is 19.0 Å². The first kappa shape index (κ1) is 8.67. The molecule has 2 N–H and O–H groups in total. The largest absolute Gasteiger partial charge is 0.330 e. The summed E-state index contributed by atoms with van der Waals surface area (Å²) in [5.74, 6) is 0.0191. The van der Waals surface area contributed by atoms with Crippen LogP contribution >= 0.6 is 0 Å². The van der Waals surface area contributed by atoms with Crippen molar-refractivity contribution in [2.45, 2.75) is 6.42 Å². The molecule has 4 nitrogen and oxygen atoms in total. The second-order valence-corrected chi connectivity index (χ2v) is 2.35. The van der Waals surface area contributed by atoms with Crippen molar-refractivity contribution >= 4 is 12.0 Å². The maximum Gasteiger partial charge on any atom is 0.167 e. The monoisotopic (exact) mass is 165 g/mol. The molecule has 0 aliphatic rings. The Bertz CT molecular complexity index is 290. The summed E-state index contributed by atoms with van der Waals surface area (Å²) in [7, 11) is 0. The van der Waals surface area contributed by atoms with Gasteiger partial charge in [0.15, 0.2) is 5.78 Å². The van der Waals surface area contributed by atoms with Gasteiger partial charge in [0.1, 0.15) is 0 Å². The molecule has 0 aliphatic heterocycles. The zero-order chi connectivity index (χ0) is 8.97. The highest BCUT2D eigenvalue weighted by Crippen LogP contribution is 2.01. The van der Waals surface area contributed by atoms with E-state index < -0.39 is 0 Å². The normalized spacial score (nSPS) is 9.75. The highest BCUT2D eigenvalue weighted by molar-refractivity contribution is 5.95. The molecule has 1 heterocycles. The molecule has 0 bridgehead atoms. The maximum absolute atomic E-state index is 11.2. The molecule has 4 heteroatoms. The van der Waals surface area contributed by atoms with Gasteiger partial charge in [-0.3, -0.25) is 4.79 Å². The van der Waals surface area contributed by atoms with Crippen molar-refractivity contribution < 1.29 is 4.79 Å². The average molecular weight is 165 g/mol. The van der Waals surface area contributed by atoms with Crippen LogP contribution in [-0.2, 0) is 0 Å². The quantitative estimate of drug-likeness (QED) is 0.661.